The largest absolute Gasteiger partial charge is 0.383 e. The number of nitrogens with one attached hydrogen (secondary N) is 1. The minimum atomic E-state index is -0.0233. The Morgan fingerprint density at radius 3 is 2.88 bits per heavy atom. The number of aryl methyl sites for hydroxylation is 2. The quantitative estimate of drug-likeness (QED) is 0.743. The molecule has 0 saturated carbocycles. The Morgan fingerprint density at radius 2 is 2.17 bits per heavy atom. The van der Waals surface area contributed by atoms with Crippen LogP contribution < -0.4 is 5.32 Å². The van der Waals surface area contributed by atoms with Crippen molar-refractivity contribution in [3.05, 3.63) is 41.2 Å². The molecule has 0 bridgehead atoms. The summed E-state index contributed by atoms with van der Waals surface area (Å²) in [6, 6.07) is 7.94. The molecule has 0 saturated heterocycles. The molecule has 6 heteroatoms. The number of nitrogens with zero attached hydrogens (tertiary/aromatic N) is 2. The highest BCUT2D eigenvalue weighted by Crippen LogP contribution is 2.21. The minimum absolute atomic E-state index is 0.0233. The lowest BCUT2D eigenvalue weighted by Gasteiger charge is -2.10. The molecule has 2 aromatic rings. The van der Waals surface area contributed by atoms with E-state index >= 15 is 0 Å². The zero-order valence-corrected chi connectivity index (χ0v) is 15.6. The van der Waals surface area contributed by atoms with Gasteiger partial charge in [0, 0.05) is 25.0 Å². The third-order valence-corrected chi connectivity index (χ3v) is 4.87. The third kappa shape index (κ3) is 4.85. The molecule has 24 heavy (non-hydrogen) atoms. The molecule has 0 aliphatic heterocycles. The first kappa shape index (κ1) is 18.5. The Morgan fingerprint density at radius 1 is 1.38 bits per heavy atom. The van der Waals surface area contributed by atoms with Gasteiger partial charge in [-0.15, -0.1) is 0 Å². The van der Waals surface area contributed by atoms with Crippen molar-refractivity contribution in [3.8, 4) is 0 Å². The standard InChI is InChI=1S/C18H25N3O2S/c1-5-15-7-6-8-16(11-15)20-17(22)12-24-18-19-13(2)14(3)21(18)9-10-23-4/h6-8,11H,5,9-10,12H2,1-4H3,(H,20,22). The first-order chi connectivity index (χ1) is 11.5. The van der Waals surface area contributed by atoms with Gasteiger partial charge in [0.1, 0.15) is 0 Å². The molecule has 0 radical (unpaired) electrons. The van der Waals surface area contributed by atoms with Crippen molar-refractivity contribution in [2.24, 2.45) is 0 Å². The van der Waals surface area contributed by atoms with Crippen molar-refractivity contribution in [2.45, 2.75) is 38.9 Å². The predicted octanol–water partition coefficient (Wildman–Crippen LogP) is 3.44. The van der Waals surface area contributed by atoms with Crippen molar-refractivity contribution < 1.29 is 9.53 Å². The fraction of sp³-hybridized carbons (Fsp3) is 0.444. The maximum atomic E-state index is 12.2. The van der Waals surface area contributed by atoms with E-state index in [4.69, 9.17) is 4.74 Å². The van der Waals surface area contributed by atoms with Crippen LogP contribution in [0.4, 0.5) is 5.69 Å². The molecule has 0 aliphatic carbocycles. The van der Waals surface area contributed by atoms with Crippen LogP contribution in [0.2, 0.25) is 0 Å². The fourth-order valence-corrected chi connectivity index (χ4v) is 3.29. The maximum absolute atomic E-state index is 12.2. The highest BCUT2D eigenvalue weighted by atomic mass is 32.2. The molecule has 2 rings (SSSR count). The highest BCUT2D eigenvalue weighted by Gasteiger charge is 2.13. The number of aromatic nitrogens is 2. The van der Waals surface area contributed by atoms with Crippen LogP contribution in [-0.2, 0) is 22.5 Å². The SMILES string of the molecule is CCc1cccc(NC(=O)CSc2nc(C)c(C)n2CCOC)c1. The van der Waals surface area contributed by atoms with E-state index in [1.807, 2.05) is 32.0 Å². The Labute approximate surface area is 147 Å². The van der Waals surface area contributed by atoms with E-state index in [0.29, 0.717) is 12.4 Å². The van der Waals surface area contributed by atoms with E-state index in [1.165, 1.54) is 17.3 Å². The number of hydrogen-bond acceptors (Lipinski definition) is 4. The molecule has 1 aromatic heterocycles. The van der Waals surface area contributed by atoms with Crippen molar-refractivity contribution in [3.63, 3.8) is 0 Å². The number of hydrogen-bond donors (Lipinski definition) is 1. The van der Waals surface area contributed by atoms with E-state index in [0.717, 1.165) is 35.2 Å². The van der Waals surface area contributed by atoms with Gasteiger partial charge in [0.15, 0.2) is 5.16 Å². The molecule has 5 nitrogen and oxygen atoms in total. The molecule has 1 amide bonds. The summed E-state index contributed by atoms with van der Waals surface area (Å²) < 4.78 is 7.26. The number of ether oxygens (including phenoxy) is 1. The fourth-order valence-electron chi connectivity index (χ4n) is 2.38. The van der Waals surface area contributed by atoms with Gasteiger partial charge >= 0.3 is 0 Å². The maximum Gasteiger partial charge on any atom is 0.234 e. The summed E-state index contributed by atoms with van der Waals surface area (Å²) in [5.41, 5.74) is 4.16. The summed E-state index contributed by atoms with van der Waals surface area (Å²) in [6.07, 6.45) is 0.952. The molecule has 1 heterocycles. The van der Waals surface area contributed by atoms with Crippen molar-refractivity contribution >= 4 is 23.4 Å². The molecule has 130 valence electrons. The number of imidazole rings is 1. The van der Waals surface area contributed by atoms with Gasteiger partial charge in [-0.2, -0.15) is 0 Å². The molecular weight excluding hydrogens is 322 g/mol. The lowest BCUT2D eigenvalue weighted by Crippen LogP contribution is -2.15. The van der Waals surface area contributed by atoms with Crippen LogP contribution in [-0.4, -0.2) is 34.9 Å². The Balaban J connectivity index is 1.97. The van der Waals surface area contributed by atoms with E-state index in [9.17, 15) is 4.79 Å². The topological polar surface area (TPSA) is 56.2 Å². The zero-order chi connectivity index (χ0) is 17.5. The lowest BCUT2D eigenvalue weighted by atomic mass is 10.1. The normalized spacial score (nSPS) is 10.8. The van der Waals surface area contributed by atoms with E-state index in [1.54, 1.807) is 7.11 Å². The van der Waals surface area contributed by atoms with Crippen molar-refractivity contribution in [1.29, 1.82) is 0 Å². The molecule has 1 aromatic carbocycles. The van der Waals surface area contributed by atoms with Crippen molar-refractivity contribution in [2.75, 3.05) is 24.8 Å². The van der Waals surface area contributed by atoms with Crippen LogP contribution in [0.15, 0.2) is 29.4 Å². The molecular formula is C18H25N3O2S. The van der Waals surface area contributed by atoms with Gasteiger partial charge in [0.05, 0.1) is 18.1 Å². The lowest BCUT2D eigenvalue weighted by molar-refractivity contribution is -0.113. The van der Waals surface area contributed by atoms with Gasteiger partial charge in [-0.05, 0) is 38.0 Å². The van der Waals surface area contributed by atoms with E-state index in [2.05, 4.69) is 27.9 Å². The second kappa shape index (κ2) is 8.89. The Hall–Kier alpha value is -1.79. The van der Waals surface area contributed by atoms with E-state index in [-0.39, 0.29) is 5.91 Å². The molecule has 0 spiro atoms. The van der Waals surface area contributed by atoms with Gasteiger partial charge in [-0.3, -0.25) is 4.79 Å². The van der Waals surface area contributed by atoms with Gasteiger partial charge < -0.3 is 14.6 Å². The second-order valence-corrected chi connectivity index (χ2v) is 6.54. The number of rotatable bonds is 8. The number of carbonyl (C=O) groups excluding carboxylic acids is 1. The summed E-state index contributed by atoms with van der Waals surface area (Å²) in [4.78, 5) is 16.8. The number of anilines is 1. The first-order valence-corrected chi connectivity index (χ1v) is 9.08. The molecule has 1 N–H and O–H groups in total. The predicted molar refractivity (Wildman–Crippen MR) is 98.8 cm³/mol. The zero-order valence-electron chi connectivity index (χ0n) is 14.8. The Kier molecular flexibility index (Phi) is 6.87. The summed E-state index contributed by atoms with van der Waals surface area (Å²) in [6.45, 7) is 7.49. The summed E-state index contributed by atoms with van der Waals surface area (Å²) in [5, 5.41) is 3.81. The van der Waals surface area contributed by atoms with Crippen LogP contribution in [0.25, 0.3) is 0 Å². The second-order valence-electron chi connectivity index (χ2n) is 5.60. The van der Waals surface area contributed by atoms with Crippen LogP contribution in [0.5, 0.6) is 0 Å². The van der Waals surface area contributed by atoms with Gasteiger partial charge in [0.2, 0.25) is 5.91 Å². The first-order valence-electron chi connectivity index (χ1n) is 8.09. The van der Waals surface area contributed by atoms with Gasteiger partial charge in [-0.1, -0.05) is 30.8 Å². The smallest absolute Gasteiger partial charge is 0.234 e. The summed E-state index contributed by atoms with van der Waals surface area (Å²) in [5.74, 6) is 0.309. The molecule has 0 fully saturated rings. The Bertz CT molecular complexity index is 698. The number of benzene rings is 1. The highest BCUT2D eigenvalue weighted by molar-refractivity contribution is 7.99. The number of methoxy groups -OCH3 is 1. The molecule has 0 atom stereocenters. The van der Waals surface area contributed by atoms with Crippen LogP contribution in [0, 0.1) is 13.8 Å². The van der Waals surface area contributed by atoms with Crippen LogP contribution in [0.3, 0.4) is 0 Å². The molecule has 0 unspecified atom stereocenters. The average molecular weight is 347 g/mol. The number of amides is 1. The monoisotopic (exact) mass is 347 g/mol. The van der Waals surface area contributed by atoms with Gasteiger partial charge in [-0.25, -0.2) is 4.98 Å². The number of thioether (sulfide) groups is 1. The summed E-state index contributed by atoms with van der Waals surface area (Å²) >= 11 is 1.45. The van der Waals surface area contributed by atoms with Gasteiger partial charge in [0.25, 0.3) is 0 Å². The van der Waals surface area contributed by atoms with Crippen molar-refractivity contribution in [1.82, 2.24) is 9.55 Å². The summed E-state index contributed by atoms with van der Waals surface area (Å²) in [7, 11) is 1.68. The van der Waals surface area contributed by atoms with E-state index < -0.39 is 0 Å². The number of carbonyl (C=O) groups is 1. The van der Waals surface area contributed by atoms with Crippen LogP contribution in [0.1, 0.15) is 23.9 Å². The third-order valence-electron chi connectivity index (χ3n) is 3.89. The van der Waals surface area contributed by atoms with Crippen LogP contribution >= 0.6 is 11.8 Å². The minimum Gasteiger partial charge on any atom is -0.383 e. The molecule has 0 aliphatic rings. The average Bonchev–Trinajstić information content (AvgIpc) is 2.85.